The summed E-state index contributed by atoms with van der Waals surface area (Å²) >= 11 is 0. The number of nitrogens with one attached hydrogen (secondary N) is 1. The van der Waals surface area contributed by atoms with Gasteiger partial charge in [-0.3, -0.25) is 20.2 Å². The summed E-state index contributed by atoms with van der Waals surface area (Å²) < 4.78 is 0. The Bertz CT molecular complexity index is 753. The lowest BCUT2D eigenvalue weighted by Gasteiger charge is -2.24. The lowest BCUT2D eigenvalue weighted by atomic mass is 10.2. The summed E-state index contributed by atoms with van der Waals surface area (Å²) in [6.45, 7) is 1.55. The van der Waals surface area contributed by atoms with E-state index in [2.05, 4.69) is 5.32 Å². The Kier molecular flexibility index (Phi) is 6.24. The van der Waals surface area contributed by atoms with Gasteiger partial charge in [0.1, 0.15) is 11.4 Å². The van der Waals surface area contributed by atoms with E-state index in [-0.39, 0.29) is 11.4 Å². The number of benzene rings is 2. The molecule has 0 saturated carbocycles. The Hall–Kier alpha value is -3.20. The molecule has 2 aromatic carbocycles. The molecule has 0 aromatic heterocycles. The molecule has 0 aliphatic rings. The van der Waals surface area contributed by atoms with Gasteiger partial charge in [-0.25, -0.2) is 0 Å². The molecule has 132 valence electrons. The number of nitro benzene ring substituents is 2. The molecule has 0 saturated heterocycles. The van der Waals surface area contributed by atoms with Crippen molar-refractivity contribution >= 4 is 22.7 Å². The van der Waals surface area contributed by atoms with Crippen LogP contribution in [0.4, 0.5) is 22.7 Å². The van der Waals surface area contributed by atoms with E-state index in [0.29, 0.717) is 37.6 Å². The molecule has 0 amide bonds. The van der Waals surface area contributed by atoms with Gasteiger partial charge in [-0.05, 0) is 12.1 Å². The Balaban J connectivity index is 2.11. The predicted molar refractivity (Wildman–Crippen MR) is 95.9 cm³/mol. The van der Waals surface area contributed by atoms with Crippen LogP contribution in [0.5, 0.6) is 0 Å². The van der Waals surface area contributed by atoms with Crippen LogP contribution in [0.15, 0.2) is 48.5 Å². The van der Waals surface area contributed by atoms with E-state index in [9.17, 15) is 20.2 Å². The Morgan fingerprint density at radius 1 is 0.920 bits per heavy atom. The van der Waals surface area contributed by atoms with Crippen LogP contribution in [0.1, 0.15) is 0 Å². The van der Waals surface area contributed by atoms with Crippen LogP contribution in [0, 0.1) is 20.2 Å². The first kappa shape index (κ1) is 18.1. The van der Waals surface area contributed by atoms with Gasteiger partial charge in [0.25, 0.3) is 11.4 Å². The monoisotopic (exact) mass is 345 g/mol. The van der Waals surface area contributed by atoms with Crippen LogP contribution in [0.3, 0.4) is 0 Å². The first-order chi connectivity index (χ1) is 12.0. The van der Waals surface area contributed by atoms with Crippen LogP contribution in [0.2, 0.25) is 0 Å². The Labute approximate surface area is 144 Å². The van der Waals surface area contributed by atoms with Gasteiger partial charge in [-0.2, -0.15) is 0 Å². The summed E-state index contributed by atoms with van der Waals surface area (Å²) in [5.41, 5.74) is 6.48. The molecule has 0 heterocycles. The maximum Gasteiger partial charge on any atom is 0.292 e. The average molecular weight is 345 g/mol. The van der Waals surface area contributed by atoms with Gasteiger partial charge >= 0.3 is 0 Å². The van der Waals surface area contributed by atoms with Gasteiger partial charge < -0.3 is 16.0 Å². The highest BCUT2D eigenvalue weighted by atomic mass is 16.6. The topological polar surface area (TPSA) is 128 Å². The first-order valence-corrected chi connectivity index (χ1v) is 7.70. The second kappa shape index (κ2) is 8.60. The summed E-state index contributed by atoms with van der Waals surface area (Å²) in [6.07, 6.45) is 0. The van der Waals surface area contributed by atoms with Crippen LogP contribution in [-0.2, 0) is 0 Å². The molecule has 3 N–H and O–H groups in total. The molecule has 0 radical (unpaired) electrons. The summed E-state index contributed by atoms with van der Waals surface area (Å²) in [5.74, 6) is 0. The zero-order valence-electron chi connectivity index (χ0n) is 13.5. The number of nitrogens with zero attached hydrogens (tertiary/aromatic N) is 3. The molecule has 0 fully saturated rings. The van der Waals surface area contributed by atoms with E-state index in [1.165, 1.54) is 12.1 Å². The van der Waals surface area contributed by atoms with E-state index in [4.69, 9.17) is 5.73 Å². The third-order valence-electron chi connectivity index (χ3n) is 3.62. The van der Waals surface area contributed by atoms with Crippen molar-refractivity contribution in [2.45, 2.75) is 0 Å². The van der Waals surface area contributed by atoms with Crippen molar-refractivity contribution < 1.29 is 9.85 Å². The second-order valence-corrected chi connectivity index (χ2v) is 5.22. The molecule has 9 heteroatoms. The van der Waals surface area contributed by atoms with Crippen LogP contribution in [0.25, 0.3) is 0 Å². The minimum Gasteiger partial charge on any atom is -0.378 e. The molecule has 0 unspecified atom stereocenters. The highest BCUT2D eigenvalue weighted by molar-refractivity contribution is 5.64. The summed E-state index contributed by atoms with van der Waals surface area (Å²) in [7, 11) is 0. The zero-order chi connectivity index (χ0) is 18.2. The third-order valence-corrected chi connectivity index (χ3v) is 3.62. The van der Waals surface area contributed by atoms with Crippen LogP contribution >= 0.6 is 0 Å². The fourth-order valence-corrected chi connectivity index (χ4v) is 2.50. The van der Waals surface area contributed by atoms with Crippen molar-refractivity contribution in [2.24, 2.45) is 5.73 Å². The largest absolute Gasteiger partial charge is 0.378 e. The lowest BCUT2D eigenvalue weighted by Crippen LogP contribution is -2.34. The summed E-state index contributed by atoms with van der Waals surface area (Å²) in [6, 6.07) is 12.8. The second-order valence-electron chi connectivity index (χ2n) is 5.22. The molecular weight excluding hydrogens is 326 g/mol. The van der Waals surface area contributed by atoms with Crippen LogP contribution in [-0.4, -0.2) is 36.0 Å². The highest BCUT2D eigenvalue weighted by Gasteiger charge is 2.18. The molecule has 0 aliphatic carbocycles. The van der Waals surface area contributed by atoms with Gasteiger partial charge in [-0.1, -0.05) is 24.3 Å². The van der Waals surface area contributed by atoms with E-state index in [1.54, 1.807) is 41.3 Å². The Morgan fingerprint density at radius 3 is 2.16 bits per heavy atom. The minimum absolute atomic E-state index is 0.00152. The van der Waals surface area contributed by atoms with Crippen molar-refractivity contribution in [3.8, 4) is 0 Å². The molecule has 0 bridgehead atoms. The van der Waals surface area contributed by atoms with Crippen molar-refractivity contribution in [1.29, 1.82) is 0 Å². The molecular formula is C16H19N5O4. The number of nitro groups is 2. The van der Waals surface area contributed by atoms with E-state index in [0.717, 1.165) is 0 Å². The molecule has 0 aliphatic heterocycles. The van der Waals surface area contributed by atoms with Gasteiger partial charge in [0.15, 0.2) is 0 Å². The standard InChI is InChI=1S/C16H19N5O4/c17-9-11-19(15-7-3-4-8-16(15)21(24)25)12-10-18-13-5-1-2-6-14(13)20(22)23/h1-8,18H,9-12,17H2. The fraction of sp³-hybridized carbons (Fsp3) is 0.250. The third kappa shape index (κ3) is 4.64. The predicted octanol–water partition coefficient (Wildman–Crippen LogP) is 2.38. The molecule has 2 aromatic rings. The van der Waals surface area contributed by atoms with E-state index in [1.807, 2.05) is 0 Å². The first-order valence-electron chi connectivity index (χ1n) is 7.70. The SMILES string of the molecule is NCCN(CCNc1ccccc1[N+](=O)[O-])c1ccccc1[N+](=O)[O-]. The van der Waals surface area contributed by atoms with E-state index >= 15 is 0 Å². The quantitative estimate of drug-likeness (QED) is 0.527. The molecule has 0 atom stereocenters. The molecule has 2 rings (SSSR count). The number of para-hydroxylation sites is 4. The van der Waals surface area contributed by atoms with Crippen molar-refractivity contribution in [3.63, 3.8) is 0 Å². The number of rotatable bonds is 9. The smallest absolute Gasteiger partial charge is 0.292 e. The van der Waals surface area contributed by atoms with Crippen molar-refractivity contribution in [1.82, 2.24) is 0 Å². The van der Waals surface area contributed by atoms with Crippen LogP contribution < -0.4 is 16.0 Å². The summed E-state index contributed by atoms with van der Waals surface area (Å²) in [5, 5.41) is 25.2. The van der Waals surface area contributed by atoms with Gasteiger partial charge in [0, 0.05) is 38.3 Å². The van der Waals surface area contributed by atoms with E-state index < -0.39 is 9.85 Å². The van der Waals surface area contributed by atoms with Gasteiger partial charge in [0.2, 0.25) is 0 Å². The molecule has 9 nitrogen and oxygen atoms in total. The maximum absolute atomic E-state index is 11.2. The zero-order valence-corrected chi connectivity index (χ0v) is 13.5. The molecule has 25 heavy (non-hydrogen) atoms. The number of hydrogen-bond donors (Lipinski definition) is 2. The lowest BCUT2D eigenvalue weighted by molar-refractivity contribution is -0.384. The normalized spacial score (nSPS) is 10.3. The Morgan fingerprint density at radius 2 is 1.52 bits per heavy atom. The highest BCUT2D eigenvalue weighted by Crippen LogP contribution is 2.27. The number of nitrogens with two attached hydrogens (primary N) is 1. The van der Waals surface area contributed by atoms with Gasteiger partial charge in [-0.15, -0.1) is 0 Å². The number of hydrogen-bond acceptors (Lipinski definition) is 7. The van der Waals surface area contributed by atoms with Crippen molar-refractivity contribution in [2.75, 3.05) is 36.4 Å². The molecule has 0 spiro atoms. The van der Waals surface area contributed by atoms with Gasteiger partial charge in [0.05, 0.1) is 9.85 Å². The van der Waals surface area contributed by atoms with Crippen molar-refractivity contribution in [3.05, 3.63) is 68.8 Å². The maximum atomic E-state index is 11.2. The minimum atomic E-state index is -0.456. The average Bonchev–Trinajstić information content (AvgIpc) is 2.61. The summed E-state index contributed by atoms with van der Waals surface area (Å²) in [4.78, 5) is 23.1. The fourth-order valence-electron chi connectivity index (χ4n) is 2.50. The number of anilines is 2.